The van der Waals surface area contributed by atoms with E-state index in [1.165, 1.54) is 10.8 Å². The van der Waals surface area contributed by atoms with E-state index in [0.717, 1.165) is 37.2 Å². The zero-order chi connectivity index (χ0) is 20.9. The molecule has 0 radical (unpaired) electrons. The minimum Gasteiger partial charge on any atom is -0.363 e. The summed E-state index contributed by atoms with van der Waals surface area (Å²) >= 11 is 5.59. The molecule has 3 aromatic rings. The Balaban J connectivity index is 1.28. The average molecular weight is 421 g/mol. The van der Waals surface area contributed by atoms with Gasteiger partial charge in [0.15, 0.2) is 5.11 Å². The predicted octanol–water partition coefficient (Wildman–Crippen LogP) is 4.41. The standard InChI is InChI=1S/C23H28N6S/c1-29(2)21-14-15-24-22(28-21)25-17-10-12-18(13-11-17)26-23(30)27-20-9-5-7-16-6-3-4-8-19(16)20/h3-9,14-15,17-18H,10-13H2,1-2H3,(H,24,25,28)(H2,26,27,30)/t17-,18+. The van der Waals surface area contributed by atoms with E-state index >= 15 is 0 Å². The van der Waals surface area contributed by atoms with Crippen LogP contribution in [0.5, 0.6) is 0 Å². The van der Waals surface area contributed by atoms with Gasteiger partial charge >= 0.3 is 0 Å². The molecule has 1 heterocycles. The Morgan fingerprint density at radius 1 is 0.967 bits per heavy atom. The summed E-state index contributed by atoms with van der Waals surface area (Å²) < 4.78 is 0. The summed E-state index contributed by atoms with van der Waals surface area (Å²) in [6.07, 6.45) is 6.04. The molecule has 4 rings (SSSR count). The monoisotopic (exact) mass is 420 g/mol. The second kappa shape index (κ2) is 9.26. The summed E-state index contributed by atoms with van der Waals surface area (Å²) in [4.78, 5) is 10.9. The Morgan fingerprint density at radius 2 is 1.70 bits per heavy atom. The van der Waals surface area contributed by atoms with Crippen molar-refractivity contribution in [2.45, 2.75) is 37.8 Å². The number of nitrogens with one attached hydrogen (secondary N) is 3. The van der Waals surface area contributed by atoms with Gasteiger partial charge in [0.05, 0.1) is 0 Å². The summed E-state index contributed by atoms with van der Waals surface area (Å²) in [6, 6.07) is 17.3. The number of nitrogens with zero attached hydrogens (tertiary/aromatic N) is 3. The lowest BCUT2D eigenvalue weighted by molar-refractivity contribution is 0.387. The van der Waals surface area contributed by atoms with Gasteiger partial charge < -0.3 is 20.9 Å². The largest absolute Gasteiger partial charge is 0.363 e. The van der Waals surface area contributed by atoms with Crippen LogP contribution in [0.2, 0.25) is 0 Å². The lowest BCUT2D eigenvalue weighted by Gasteiger charge is -2.30. The van der Waals surface area contributed by atoms with E-state index in [1.807, 2.05) is 25.1 Å². The smallest absolute Gasteiger partial charge is 0.224 e. The summed E-state index contributed by atoms with van der Waals surface area (Å²) in [5.41, 5.74) is 1.04. The molecule has 0 saturated heterocycles. The molecule has 0 spiro atoms. The fraction of sp³-hybridized carbons (Fsp3) is 0.348. The first kappa shape index (κ1) is 20.3. The van der Waals surface area contributed by atoms with Crippen LogP contribution in [0.15, 0.2) is 54.7 Å². The summed E-state index contributed by atoms with van der Waals surface area (Å²) in [5.74, 6) is 1.61. The number of anilines is 3. The van der Waals surface area contributed by atoms with Crippen molar-refractivity contribution in [1.82, 2.24) is 15.3 Å². The van der Waals surface area contributed by atoms with E-state index in [-0.39, 0.29) is 0 Å². The van der Waals surface area contributed by atoms with E-state index in [0.29, 0.717) is 23.1 Å². The number of benzene rings is 2. The minimum absolute atomic E-state index is 0.382. The highest BCUT2D eigenvalue weighted by molar-refractivity contribution is 7.80. The fourth-order valence-corrected chi connectivity index (χ4v) is 4.19. The van der Waals surface area contributed by atoms with Crippen molar-refractivity contribution in [2.24, 2.45) is 0 Å². The van der Waals surface area contributed by atoms with Gasteiger partial charge in [0, 0.05) is 43.4 Å². The molecule has 0 atom stereocenters. The van der Waals surface area contributed by atoms with Gasteiger partial charge in [-0.3, -0.25) is 0 Å². The van der Waals surface area contributed by atoms with Gasteiger partial charge in [-0.05, 0) is 55.4 Å². The van der Waals surface area contributed by atoms with Gasteiger partial charge in [-0.25, -0.2) is 4.98 Å². The molecule has 1 aliphatic carbocycles. The van der Waals surface area contributed by atoms with Crippen LogP contribution in [-0.2, 0) is 0 Å². The Kier molecular flexibility index (Phi) is 6.28. The quantitative estimate of drug-likeness (QED) is 0.529. The van der Waals surface area contributed by atoms with Crippen molar-refractivity contribution >= 4 is 45.6 Å². The average Bonchev–Trinajstić information content (AvgIpc) is 2.75. The van der Waals surface area contributed by atoms with Crippen LogP contribution in [0.3, 0.4) is 0 Å². The van der Waals surface area contributed by atoms with Crippen LogP contribution in [0, 0.1) is 0 Å². The molecular weight excluding hydrogens is 392 g/mol. The molecule has 2 aromatic carbocycles. The first-order chi connectivity index (χ1) is 14.6. The predicted molar refractivity (Wildman–Crippen MR) is 129 cm³/mol. The van der Waals surface area contributed by atoms with Crippen LogP contribution in [-0.4, -0.2) is 41.3 Å². The van der Waals surface area contributed by atoms with E-state index in [2.05, 4.69) is 68.4 Å². The SMILES string of the molecule is CN(C)c1ccnc(N[C@H]2CC[C@@H](NC(=S)Nc3cccc4ccccc34)CC2)n1. The Morgan fingerprint density at radius 3 is 2.50 bits per heavy atom. The topological polar surface area (TPSA) is 65.1 Å². The van der Waals surface area contributed by atoms with E-state index < -0.39 is 0 Å². The molecule has 0 unspecified atom stereocenters. The Labute approximate surface area is 183 Å². The summed E-state index contributed by atoms with van der Waals surface area (Å²) in [6.45, 7) is 0. The second-order valence-corrected chi connectivity index (χ2v) is 8.36. The number of fused-ring (bicyclic) bond motifs is 1. The molecule has 0 amide bonds. The highest BCUT2D eigenvalue weighted by atomic mass is 32.1. The van der Waals surface area contributed by atoms with Crippen LogP contribution in [0.25, 0.3) is 10.8 Å². The first-order valence-corrected chi connectivity index (χ1v) is 10.8. The van der Waals surface area contributed by atoms with E-state index in [9.17, 15) is 0 Å². The highest BCUT2D eigenvalue weighted by Crippen LogP contribution is 2.24. The molecule has 1 saturated carbocycles. The van der Waals surface area contributed by atoms with E-state index in [1.54, 1.807) is 6.20 Å². The molecule has 0 aliphatic heterocycles. The minimum atomic E-state index is 0.382. The molecule has 1 aromatic heterocycles. The van der Waals surface area contributed by atoms with Crippen molar-refractivity contribution in [3.8, 4) is 0 Å². The van der Waals surface area contributed by atoms with E-state index in [4.69, 9.17) is 12.2 Å². The van der Waals surface area contributed by atoms with Crippen molar-refractivity contribution in [1.29, 1.82) is 0 Å². The number of thiocarbonyl (C=S) groups is 1. The first-order valence-electron chi connectivity index (χ1n) is 10.4. The van der Waals surface area contributed by atoms with Crippen LogP contribution in [0.1, 0.15) is 25.7 Å². The van der Waals surface area contributed by atoms with Gasteiger partial charge in [0.2, 0.25) is 5.95 Å². The third-order valence-corrected chi connectivity index (χ3v) is 5.75. The van der Waals surface area contributed by atoms with Crippen molar-refractivity contribution in [3.05, 3.63) is 54.7 Å². The maximum absolute atomic E-state index is 5.59. The van der Waals surface area contributed by atoms with Crippen molar-refractivity contribution < 1.29 is 0 Å². The molecular formula is C23H28N6S. The molecule has 0 bridgehead atoms. The van der Waals surface area contributed by atoms with Crippen LogP contribution < -0.4 is 20.9 Å². The van der Waals surface area contributed by atoms with Gasteiger partial charge in [-0.2, -0.15) is 4.98 Å². The van der Waals surface area contributed by atoms with Gasteiger partial charge in [0.25, 0.3) is 0 Å². The van der Waals surface area contributed by atoms with Crippen molar-refractivity contribution in [2.75, 3.05) is 29.6 Å². The molecule has 6 nitrogen and oxygen atoms in total. The highest BCUT2D eigenvalue weighted by Gasteiger charge is 2.22. The molecule has 3 N–H and O–H groups in total. The number of hydrogen-bond donors (Lipinski definition) is 3. The normalized spacial score (nSPS) is 18.6. The van der Waals surface area contributed by atoms with Gasteiger partial charge in [-0.1, -0.05) is 36.4 Å². The third-order valence-electron chi connectivity index (χ3n) is 5.53. The molecule has 7 heteroatoms. The zero-order valence-electron chi connectivity index (χ0n) is 17.4. The third kappa shape index (κ3) is 4.97. The maximum atomic E-state index is 5.59. The lowest BCUT2D eigenvalue weighted by Crippen LogP contribution is -2.42. The molecule has 156 valence electrons. The fourth-order valence-electron chi connectivity index (χ4n) is 3.91. The molecule has 1 fully saturated rings. The van der Waals surface area contributed by atoms with Gasteiger partial charge in [0.1, 0.15) is 5.82 Å². The van der Waals surface area contributed by atoms with Gasteiger partial charge in [-0.15, -0.1) is 0 Å². The number of hydrogen-bond acceptors (Lipinski definition) is 5. The molecule has 30 heavy (non-hydrogen) atoms. The summed E-state index contributed by atoms with van der Waals surface area (Å²) in [5, 5.41) is 13.4. The number of aromatic nitrogens is 2. The molecule has 1 aliphatic rings. The number of rotatable bonds is 5. The lowest BCUT2D eigenvalue weighted by atomic mass is 9.91. The Bertz CT molecular complexity index is 1010. The maximum Gasteiger partial charge on any atom is 0.224 e. The Hall–Kier alpha value is -2.93. The van der Waals surface area contributed by atoms with Crippen molar-refractivity contribution in [3.63, 3.8) is 0 Å². The zero-order valence-corrected chi connectivity index (χ0v) is 18.2. The summed E-state index contributed by atoms with van der Waals surface area (Å²) in [7, 11) is 3.97. The second-order valence-electron chi connectivity index (χ2n) is 7.95. The van der Waals surface area contributed by atoms with Crippen LogP contribution in [0.4, 0.5) is 17.5 Å². The van der Waals surface area contributed by atoms with Crippen LogP contribution >= 0.6 is 12.2 Å².